The molecule has 0 bridgehead atoms. The van der Waals surface area contributed by atoms with Gasteiger partial charge in [-0.3, -0.25) is 4.79 Å². The van der Waals surface area contributed by atoms with Gasteiger partial charge in [-0.15, -0.1) is 0 Å². The van der Waals surface area contributed by atoms with E-state index in [-0.39, 0.29) is 11.8 Å². The predicted molar refractivity (Wildman–Crippen MR) is 69.1 cm³/mol. The van der Waals surface area contributed by atoms with Gasteiger partial charge >= 0.3 is 6.09 Å². The van der Waals surface area contributed by atoms with E-state index in [1.165, 1.54) is 4.90 Å². The van der Waals surface area contributed by atoms with Crippen LogP contribution in [0.4, 0.5) is 4.79 Å². The first-order valence-corrected chi connectivity index (χ1v) is 7.12. The van der Waals surface area contributed by atoms with Gasteiger partial charge in [0.05, 0.1) is 6.54 Å². The van der Waals surface area contributed by atoms with Crippen LogP contribution in [0.5, 0.6) is 0 Å². The van der Waals surface area contributed by atoms with Crippen LogP contribution in [0.25, 0.3) is 0 Å². The molecule has 0 saturated carbocycles. The van der Waals surface area contributed by atoms with Crippen LogP contribution in [0.2, 0.25) is 0 Å². The van der Waals surface area contributed by atoms with Gasteiger partial charge in [-0.25, -0.2) is 9.69 Å². The smallest absolute Gasteiger partial charge is 0.416 e. The van der Waals surface area contributed by atoms with Gasteiger partial charge in [-0.05, 0) is 12.3 Å². The van der Waals surface area contributed by atoms with Gasteiger partial charge in [-0.1, -0.05) is 42.6 Å². The van der Waals surface area contributed by atoms with Crippen molar-refractivity contribution >= 4 is 27.9 Å². The van der Waals surface area contributed by atoms with E-state index < -0.39 is 6.09 Å². The molecule has 2 atom stereocenters. The summed E-state index contributed by atoms with van der Waals surface area (Å²) in [5.41, 5.74) is 0. The van der Waals surface area contributed by atoms with E-state index in [1.54, 1.807) is 0 Å². The van der Waals surface area contributed by atoms with Gasteiger partial charge < -0.3 is 4.74 Å². The topological polar surface area (TPSA) is 46.6 Å². The summed E-state index contributed by atoms with van der Waals surface area (Å²) in [6.07, 6.45) is 3.00. The Labute approximate surface area is 111 Å². The first-order chi connectivity index (χ1) is 8.10. The lowest BCUT2D eigenvalue weighted by Crippen LogP contribution is -2.34. The second kappa shape index (κ2) is 6.99. The van der Waals surface area contributed by atoms with Crippen molar-refractivity contribution in [2.24, 2.45) is 5.92 Å². The third kappa shape index (κ3) is 3.98. The monoisotopic (exact) mass is 305 g/mol. The molecule has 2 amide bonds. The van der Waals surface area contributed by atoms with Crippen molar-refractivity contribution < 1.29 is 14.3 Å². The fraction of sp³-hybridized carbons (Fsp3) is 0.833. The van der Waals surface area contributed by atoms with Gasteiger partial charge in [0.2, 0.25) is 5.91 Å². The molecule has 0 aromatic heterocycles. The van der Waals surface area contributed by atoms with Crippen molar-refractivity contribution in [1.29, 1.82) is 0 Å². The maximum atomic E-state index is 11.9. The highest BCUT2D eigenvalue weighted by Gasteiger charge is 2.30. The van der Waals surface area contributed by atoms with Crippen LogP contribution in [-0.2, 0) is 9.53 Å². The molecule has 0 radical (unpaired) electrons. The molecule has 98 valence electrons. The molecule has 0 aromatic carbocycles. The summed E-state index contributed by atoms with van der Waals surface area (Å²) < 4.78 is 4.76. The van der Waals surface area contributed by atoms with E-state index in [9.17, 15) is 9.59 Å². The average molecular weight is 306 g/mol. The van der Waals surface area contributed by atoms with E-state index >= 15 is 0 Å². The summed E-state index contributed by atoms with van der Waals surface area (Å²) in [4.78, 5) is 24.8. The number of hydrogen-bond donors (Lipinski definition) is 0. The van der Waals surface area contributed by atoms with E-state index in [4.69, 9.17) is 4.74 Å². The van der Waals surface area contributed by atoms with E-state index in [0.29, 0.717) is 24.4 Å². The highest BCUT2D eigenvalue weighted by Crippen LogP contribution is 2.25. The molecule has 1 rings (SSSR count). The predicted octanol–water partition coefficient (Wildman–Crippen LogP) is 2.95. The third-order valence-electron chi connectivity index (χ3n) is 3.10. The lowest BCUT2D eigenvalue weighted by atomic mass is 9.95. The molecule has 5 heteroatoms. The molecule has 1 heterocycles. The molecule has 17 heavy (non-hydrogen) atoms. The summed E-state index contributed by atoms with van der Waals surface area (Å²) in [6.45, 7) is 4.92. The molecule has 0 N–H and O–H groups in total. The number of hydrogen-bond acceptors (Lipinski definition) is 3. The van der Waals surface area contributed by atoms with E-state index in [1.807, 2.05) is 0 Å². The van der Waals surface area contributed by atoms with Gasteiger partial charge in [0.25, 0.3) is 0 Å². The van der Waals surface area contributed by atoms with Gasteiger partial charge in [0.15, 0.2) is 0 Å². The van der Waals surface area contributed by atoms with Crippen LogP contribution in [0, 0.1) is 5.92 Å². The van der Waals surface area contributed by atoms with Crippen LogP contribution < -0.4 is 0 Å². The van der Waals surface area contributed by atoms with Crippen molar-refractivity contribution in [3.8, 4) is 0 Å². The zero-order chi connectivity index (χ0) is 12.8. The first kappa shape index (κ1) is 14.5. The summed E-state index contributed by atoms with van der Waals surface area (Å²) >= 11 is 3.63. The number of alkyl halides is 1. The number of cyclic esters (lactones) is 1. The summed E-state index contributed by atoms with van der Waals surface area (Å²) in [5.74, 6) is 0.177. The zero-order valence-electron chi connectivity index (χ0n) is 10.4. The second-order valence-electron chi connectivity index (χ2n) is 4.34. The molecule has 4 nitrogen and oxygen atoms in total. The molecule has 2 unspecified atom stereocenters. The van der Waals surface area contributed by atoms with Crippen LogP contribution in [-0.4, -0.2) is 34.9 Å². The van der Waals surface area contributed by atoms with Crippen molar-refractivity contribution in [1.82, 2.24) is 4.90 Å². The molecule has 1 aliphatic rings. The van der Waals surface area contributed by atoms with Gasteiger partial charge in [0.1, 0.15) is 6.61 Å². The highest BCUT2D eigenvalue weighted by molar-refractivity contribution is 9.09. The first-order valence-electron chi connectivity index (χ1n) is 6.21. The zero-order valence-corrected chi connectivity index (χ0v) is 12.0. The maximum absolute atomic E-state index is 11.9. The van der Waals surface area contributed by atoms with Gasteiger partial charge in [0, 0.05) is 11.2 Å². The fourth-order valence-corrected chi connectivity index (χ4v) is 3.01. The number of halogens is 1. The Morgan fingerprint density at radius 1 is 1.53 bits per heavy atom. The Hall–Kier alpha value is -0.580. The minimum Gasteiger partial charge on any atom is -0.447 e. The van der Waals surface area contributed by atoms with Crippen LogP contribution in [0.15, 0.2) is 0 Å². The summed E-state index contributed by atoms with van der Waals surface area (Å²) in [5, 5.41) is 0. The third-order valence-corrected chi connectivity index (χ3v) is 4.30. The Morgan fingerprint density at radius 2 is 2.24 bits per heavy atom. The van der Waals surface area contributed by atoms with Crippen LogP contribution in [0.1, 0.15) is 39.5 Å². The quantitative estimate of drug-likeness (QED) is 0.709. The summed E-state index contributed by atoms with van der Waals surface area (Å²) in [6, 6.07) is 0. The lowest BCUT2D eigenvalue weighted by Gasteiger charge is -2.21. The lowest BCUT2D eigenvalue weighted by molar-refractivity contribution is -0.128. The minimum absolute atomic E-state index is 0.111. The standard InChI is InChI=1S/C12H20BrNO3/c1-3-5-10(13)9(4-2)8-11(15)14-6-7-17-12(14)16/h9-10H,3-8H2,1-2H3. The van der Waals surface area contributed by atoms with Crippen molar-refractivity contribution in [3.63, 3.8) is 0 Å². The van der Waals surface area contributed by atoms with Crippen molar-refractivity contribution in [2.45, 2.75) is 44.4 Å². The molecular formula is C12H20BrNO3. The molecule has 1 aliphatic heterocycles. The Bertz CT molecular complexity index is 283. The molecule has 0 spiro atoms. The summed E-state index contributed by atoms with van der Waals surface area (Å²) in [7, 11) is 0. The van der Waals surface area contributed by atoms with Gasteiger partial charge in [-0.2, -0.15) is 0 Å². The van der Waals surface area contributed by atoms with Crippen LogP contribution in [0.3, 0.4) is 0 Å². The fourth-order valence-electron chi connectivity index (χ4n) is 1.99. The number of carbonyl (C=O) groups is 2. The Kier molecular flexibility index (Phi) is 5.95. The normalized spacial score (nSPS) is 19.0. The average Bonchev–Trinajstić information content (AvgIpc) is 2.72. The Balaban J connectivity index is 2.50. The van der Waals surface area contributed by atoms with E-state index in [2.05, 4.69) is 29.8 Å². The largest absolute Gasteiger partial charge is 0.447 e. The number of amides is 2. The molecule has 0 aromatic rings. The molecule has 0 aliphatic carbocycles. The number of nitrogens with zero attached hydrogens (tertiary/aromatic N) is 1. The SMILES string of the molecule is CCCC(Br)C(CC)CC(=O)N1CCOC1=O. The maximum Gasteiger partial charge on any atom is 0.416 e. The highest BCUT2D eigenvalue weighted by atomic mass is 79.9. The van der Waals surface area contributed by atoms with Crippen molar-refractivity contribution in [2.75, 3.05) is 13.2 Å². The number of ether oxygens (including phenoxy) is 1. The number of rotatable bonds is 6. The minimum atomic E-state index is -0.494. The number of carbonyl (C=O) groups excluding carboxylic acids is 2. The molecule has 1 fully saturated rings. The van der Waals surface area contributed by atoms with E-state index in [0.717, 1.165) is 19.3 Å². The molecule has 1 saturated heterocycles. The Morgan fingerprint density at radius 3 is 2.71 bits per heavy atom. The molecular weight excluding hydrogens is 286 g/mol. The second-order valence-corrected chi connectivity index (χ2v) is 5.51. The number of imide groups is 1. The van der Waals surface area contributed by atoms with Crippen molar-refractivity contribution in [3.05, 3.63) is 0 Å². The van der Waals surface area contributed by atoms with Crippen LogP contribution >= 0.6 is 15.9 Å².